The number of nitrogens with one attached hydrogen (secondary N) is 1. The summed E-state index contributed by atoms with van der Waals surface area (Å²) in [4.78, 5) is 18.7. The molecule has 24 heavy (non-hydrogen) atoms. The van der Waals surface area contributed by atoms with Crippen LogP contribution in [0.5, 0.6) is 0 Å². The molecule has 4 nitrogen and oxygen atoms in total. The van der Waals surface area contributed by atoms with Crippen LogP contribution in [0.3, 0.4) is 0 Å². The van der Waals surface area contributed by atoms with Gasteiger partial charge in [-0.2, -0.15) is 0 Å². The van der Waals surface area contributed by atoms with Gasteiger partial charge >= 0.3 is 0 Å². The van der Waals surface area contributed by atoms with Crippen molar-refractivity contribution in [2.24, 2.45) is 0 Å². The summed E-state index contributed by atoms with van der Waals surface area (Å²) in [5.74, 6) is -0.116. The monoisotopic (exact) mass is 339 g/mol. The van der Waals surface area contributed by atoms with Crippen LogP contribution in [0.1, 0.15) is 35.1 Å². The summed E-state index contributed by atoms with van der Waals surface area (Å²) >= 11 is 1.65. The summed E-state index contributed by atoms with van der Waals surface area (Å²) in [6.07, 6.45) is 5.72. The SMILES string of the molecule is CCCc1nc2ccc(C)cn2c1C(=O)Nc1cccc(SC)c1. The van der Waals surface area contributed by atoms with Crippen LogP contribution in [0.2, 0.25) is 0 Å². The van der Waals surface area contributed by atoms with Gasteiger partial charge in [-0.1, -0.05) is 25.5 Å². The van der Waals surface area contributed by atoms with Crippen molar-refractivity contribution in [1.82, 2.24) is 9.38 Å². The summed E-state index contributed by atoms with van der Waals surface area (Å²) in [6, 6.07) is 11.8. The second-order valence-electron chi connectivity index (χ2n) is 5.78. The molecule has 2 heterocycles. The Bertz CT molecular complexity index is 885. The van der Waals surface area contributed by atoms with E-state index in [0.29, 0.717) is 5.69 Å². The van der Waals surface area contributed by atoms with E-state index in [9.17, 15) is 4.79 Å². The van der Waals surface area contributed by atoms with Crippen LogP contribution >= 0.6 is 11.8 Å². The molecule has 0 spiro atoms. The smallest absolute Gasteiger partial charge is 0.274 e. The molecule has 1 N–H and O–H groups in total. The zero-order chi connectivity index (χ0) is 17.1. The van der Waals surface area contributed by atoms with Gasteiger partial charge in [0.05, 0.1) is 5.69 Å². The van der Waals surface area contributed by atoms with Crippen molar-refractivity contribution in [3.05, 3.63) is 59.5 Å². The van der Waals surface area contributed by atoms with Crippen LogP contribution in [-0.4, -0.2) is 21.5 Å². The minimum Gasteiger partial charge on any atom is -0.321 e. The molecular weight excluding hydrogens is 318 g/mol. The van der Waals surface area contributed by atoms with Crippen molar-refractivity contribution in [1.29, 1.82) is 0 Å². The van der Waals surface area contributed by atoms with Crippen molar-refractivity contribution in [2.75, 3.05) is 11.6 Å². The number of benzene rings is 1. The van der Waals surface area contributed by atoms with Crippen molar-refractivity contribution in [3.8, 4) is 0 Å². The zero-order valence-electron chi connectivity index (χ0n) is 14.2. The van der Waals surface area contributed by atoms with Gasteiger partial charge in [0.15, 0.2) is 0 Å². The predicted molar refractivity (Wildman–Crippen MR) is 100 cm³/mol. The molecule has 0 fully saturated rings. The summed E-state index contributed by atoms with van der Waals surface area (Å²) in [5.41, 5.74) is 4.19. The van der Waals surface area contributed by atoms with Crippen molar-refractivity contribution >= 4 is 29.0 Å². The van der Waals surface area contributed by atoms with Gasteiger partial charge in [-0.15, -0.1) is 11.8 Å². The minimum atomic E-state index is -0.116. The molecule has 0 saturated carbocycles. The largest absolute Gasteiger partial charge is 0.321 e. The Kier molecular flexibility index (Phi) is 4.90. The zero-order valence-corrected chi connectivity index (χ0v) is 15.0. The van der Waals surface area contributed by atoms with Crippen LogP contribution in [0.4, 0.5) is 5.69 Å². The van der Waals surface area contributed by atoms with E-state index in [1.807, 2.05) is 60.2 Å². The fourth-order valence-corrected chi connectivity index (χ4v) is 3.20. The van der Waals surface area contributed by atoms with E-state index in [4.69, 9.17) is 0 Å². The number of rotatable bonds is 5. The first-order chi connectivity index (χ1) is 11.6. The number of thioether (sulfide) groups is 1. The standard InChI is InChI=1S/C19H21N3OS/c1-4-6-16-18(22-12-13(2)9-10-17(22)21-16)19(23)20-14-7-5-8-15(11-14)24-3/h5,7-12H,4,6H2,1-3H3,(H,20,23). The highest BCUT2D eigenvalue weighted by Gasteiger charge is 2.19. The number of amides is 1. The molecule has 0 aliphatic rings. The number of aromatic nitrogens is 2. The van der Waals surface area contributed by atoms with Crippen molar-refractivity contribution < 1.29 is 4.79 Å². The number of anilines is 1. The van der Waals surface area contributed by atoms with E-state index in [1.54, 1.807) is 11.8 Å². The molecule has 0 aliphatic carbocycles. The number of fused-ring (bicyclic) bond motifs is 1. The number of pyridine rings is 1. The van der Waals surface area contributed by atoms with Gasteiger partial charge in [0.25, 0.3) is 5.91 Å². The normalized spacial score (nSPS) is 11.0. The lowest BCUT2D eigenvalue weighted by molar-refractivity contribution is 0.102. The Hall–Kier alpha value is -2.27. The molecule has 1 aromatic carbocycles. The molecule has 0 atom stereocenters. The first-order valence-corrected chi connectivity index (χ1v) is 9.28. The topological polar surface area (TPSA) is 46.4 Å². The molecule has 0 unspecified atom stereocenters. The van der Waals surface area contributed by atoms with Crippen LogP contribution in [0.15, 0.2) is 47.5 Å². The predicted octanol–water partition coefficient (Wildman–Crippen LogP) is 4.57. The first kappa shape index (κ1) is 16.6. The van der Waals surface area contributed by atoms with E-state index in [0.717, 1.165) is 40.3 Å². The van der Waals surface area contributed by atoms with Gasteiger partial charge < -0.3 is 5.32 Å². The molecular formula is C19H21N3OS. The van der Waals surface area contributed by atoms with Gasteiger partial charge in [0, 0.05) is 16.8 Å². The number of imidazole rings is 1. The molecule has 3 rings (SSSR count). The van der Waals surface area contributed by atoms with Gasteiger partial charge in [0.2, 0.25) is 0 Å². The summed E-state index contributed by atoms with van der Waals surface area (Å²) in [6.45, 7) is 4.11. The summed E-state index contributed by atoms with van der Waals surface area (Å²) in [5, 5.41) is 3.02. The molecule has 124 valence electrons. The van der Waals surface area contributed by atoms with Gasteiger partial charge in [-0.25, -0.2) is 4.98 Å². The average Bonchev–Trinajstić information content (AvgIpc) is 2.92. The highest BCUT2D eigenvalue weighted by atomic mass is 32.2. The lowest BCUT2D eigenvalue weighted by Crippen LogP contribution is -2.16. The van der Waals surface area contributed by atoms with Crippen molar-refractivity contribution in [2.45, 2.75) is 31.6 Å². The highest BCUT2D eigenvalue weighted by Crippen LogP contribution is 2.21. The highest BCUT2D eigenvalue weighted by molar-refractivity contribution is 7.98. The number of hydrogen-bond donors (Lipinski definition) is 1. The lowest BCUT2D eigenvalue weighted by Gasteiger charge is -2.08. The second-order valence-corrected chi connectivity index (χ2v) is 6.66. The number of nitrogens with zero attached hydrogens (tertiary/aromatic N) is 2. The van der Waals surface area contributed by atoms with Gasteiger partial charge in [-0.3, -0.25) is 9.20 Å². The second kappa shape index (κ2) is 7.09. The maximum Gasteiger partial charge on any atom is 0.274 e. The fourth-order valence-electron chi connectivity index (χ4n) is 2.74. The van der Waals surface area contributed by atoms with E-state index in [2.05, 4.69) is 17.2 Å². The molecule has 0 aliphatic heterocycles. The maximum atomic E-state index is 12.9. The Balaban J connectivity index is 2.01. The van der Waals surface area contributed by atoms with Crippen LogP contribution in [-0.2, 0) is 6.42 Å². The van der Waals surface area contributed by atoms with E-state index in [-0.39, 0.29) is 5.91 Å². The molecule has 5 heteroatoms. The molecule has 3 aromatic rings. The molecule has 0 saturated heterocycles. The molecule has 2 aromatic heterocycles. The number of carbonyl (C=O) groups excluding carboxylic acids is 1. The minimum absolute atomic E-state index is 0.116. The Labute approximate surface area is 146 Å². The lowest BCUT2D eigenvalue weighted by atomic mass is 10.2. The van der Waals surface area contributed by atoms with Gasteiger partial charge in [-0.05, 0) is 49.4 Å². The van der Waals surface area contributed by atoms with Gasteiger partial charge in [0.1, 0.15) is 11.3 Å². The summed E-state index contributed by atoms with van der Waals surface area (Å²) in [7, 11) is 0. The third kappa shape index (κ3) is 3.31. The average molecular weight is 339 g/mol. The van der Waals surface area contributed by atoms with Crippen LogP contribution < -0.4 is 5.32 Å². The van der Waals surface area contributed by atoms with E-state index < -0.39 is 0 Å². The quantitative estimate of drug-likeness (QED) is 0.693. The van der Waals surface area contributed by atoms with E-state index >= 15 is 0 Å². The fraction of sp³-hybridized carbons (Fsp3) is 0.263. The Morgan fingerprint density at radius 1 is 1.29 bits per heavy atom. The number of aryl methyl sites for hydroxylation is 2. The summed E-state index contributed by atoms with van der Waals surface area (Å²) < 4.78 is 1.90. The Morgan fingerprint density at radius 3 is 2.88 bits per heavy atom. The first-order valence-electron chi connectivity index (χ1n) is 8.05. The molecule has 0 bridgehead atoms. The maximum absolute atomic E-state index is 12.9. The van der Waals surface area contributed by atoms with Crippen LogP contribution in [0.25, 0.3) is 5.65 Å². The van der Waals surface area contributed by atoms with E-state index in [1.165, 1.54) is 0 Å². The molecule has 1 amide bonds. The van der Waals surface area contributed by atoms with Crippen LogP contribution in [0, 0.1) is 6.92 Å². The van der Waals surface area contributed by atoms with Crippen molar-refractivity contribution in [3.63, 3.8) is 0 Å². The molecule has 0 radical (unpaired) electrons. The number of hydrogen-bond acceptors (Lipinski definition) is 3. The number of carbonyl (C=O) groups is 1. The third-order valence-corrected chi connectivity index (χ3v) is 4.59. The third-order valence-electron chi connectivity index (χ3n) is 3.87. The Morgan fingerprint density at radius 2 is 2.12 bits per heavy atom.